The van der Waals surface area contributed by atoms with Gasteiger partial charge in [-0.2, -0.15) is 4.98 Å². The topological polar surface area (TPSA) is 95.6 Å². The number of fused-ring (bicyclic) bond motifs is 1. The minimum Gasteiger partial charge on any atom is -0.368 e. The van der Waals surface area contributed by atoms with Crippen molar-refractivity contribution in [3.8, 4) is 0 Å². The molecule has 0 spiro atoms. The Kier molecular flexibility index (Phi) is 3.80. The van der Waals surface area contributed by atoms with E-state index in [-0.39, 0.29) is 5.95 Å². The Bertz CT molecular complexity index is 509. The third-order valence-electron chi connectivity index (χ3n) is 2.56. The van der Waals surface area contributed by atoms with Crippen LogP contribution in [0.3, 0.4) is 0 Å². The van der Waals surface area contributed by atoms with Crippen molar-refractivity contribution >= 4 is 29.1 Å². The van der Waals surface area contributed by atoms with Gasteiger partial charge in [-0.1, -0.05) is 19.8 Å². The van der Waals surface area contributed by atoms with E-state index >= 15 is 0 Å². The second-order valence-corrected chi connectivity index (χ2v) is 4.44. The summed E-state index contributed by atoms with van der Waals surface area (Å²) in [7, 11) is 0. The smallest absolute Gasteiger partial charge is 0.223 e. The number of anilines is 1. The van der Waals surface area contributed by atoms with Gasteiger partial charge < -0.3 is 10.3 Å². The van der Waals surface area contributed by atoms with Gasteiger partial charge in [-0.3, -0.25) is 5.14 Å². The number of unbranched alkanes of at least 4 members (excludes halogenated alkanes) is 2. The predicted octanol–water partition coefficient (Wildman–Crippen LogP) is 1.56. The van der Waals surface area contributed by atoms with E-state index in [9.17, 15) is 0 Å². The molecule has 0 saturated carbocycles. The van der Waals surface area contributed by atoms with Crippen LogP contribution in [0.4, 0.5) is 5.95 Å². The second-order valence-electron chi connectivity index (χ2n) is 3.82. The van der Waals surface area contributed by atoms with Crippen LogP contribution in [0.15, 0.2) is 11.4 Å². The van der Waals surface area contributed by atoms with Gasteiger partial charge in [0.15, 0.2) is 5.65 Å². The molecule has 0 aromatic carbocycles. The van der Waals surface area contributed by atoms with Crippen molar-refractivity contribution in [2.24, 2.45) is 5.14 Å². The van der Waals surface area contributed by atoms with Gasteiger partial charge in [0, 0.05) is 6.54 Å². The first-order valence-corrected chi connectivity index (χ1v) is 6.49. The predicted molar refractivity (Wildman–Crippen MR) is 69.3 cm³/mol. The van der Waals surface area contributed by atoms with Gasteiger partial charge in [0.25, 0.3) is 0 Å². The summed E-state index contributed by atoms with van der Waals surface area (Å²) in [5, 5.41) is 6.16. The van der Waals surface area contributed by atoms with E-state index in [2.05, 4.69) is 21.9 Å². The lowest BCUT2D eigenvalue weighted by Crippen LogP contribution is -2.02. The molecule has 17 heavy (non-hydrogen) atoms. The SMILES string of the molecule is CCCCCn1cnc2c(SN)nc(N)nc21. The summed E-state index contributed by atoms with van der Waals surface area (Å²) in [5.74, 6) is 0.239. The number of hydrogen-bond donors (Lipinski definition) is 2. The molecule has 2 heterocycles. The molecule has 0 bridgehead atoms. The van der Waals surface area contributed by atoms with Crippen LogP contribution in [0.2, 0.25) is 0 Å². The lowest BCUT2D eigenvalue weighted by Gasteiger charge is -2.04. The molecule has 6 nitrogen and oxygen atoms in total. The zero-order valence-corrected chi connectivity index (χ0v) is 10.6. The molecular formula is C10H16N6S. The van der Waals surface area contributed by atoms with E-state index in [1.165, 1.54) is 12.8 Å². The van der Waals surface area contributed by atoms with E-state index in [0.717, 1.165) is 36.1 Å². The minimum atomic E-state index is 0.239. The standard InChI is InChI=1S/C10H16N6S/c1-2-3-4-5-16-6-13-7-8(16)14-10(11)15-9(7)17-12/h6H,2-5,12H2,1H3,(H2,11,14,15). The average Bonchev–Trinajstić information content (AvgIpc) is 2.72. The van der Waals surface area contributed by atoms with E-state index in [0.29, 0.717) is 5.03 Å². The van der Waals surface area contributed by atoms with Crippen molar-refractivity contribution in [3.05, 3.63) is 6.33 Å². The molecule has 0 aliphatic rings. The number of imidazole rings is 1. The third-order valence-corrected chi connectivity index (χ3v) is 3.07. The maximum absolute atomic E-state index is 5.65. The van der Waals surface area contributed by atoms with Crippen LogP contribution in [0, 0.1) is 0 Å². The Labute approximate surface area is 104 Å². The summed E-state index contributed by atoms with van der Waals surface area (Å²) in [4.78, 5) is 12.6. The molecule has 92 valence electrons. The van der Waals surface area contributed by atoms with Crippen molar-refractivity contribution in [2.75, 3.05) is 5.73 Å². The molecule has 7 heteroatoms. The Balaban J connectivity index is 2.35. The monoisotopic (exact) mass is 252 g/mol. The fraction of sp³-hybridized carbons (Fsp3) is 0.500. The van der Waals surface area contributed by atoms with Gasteiger partial charge in [-0.15, -0.1) is 0 Å². The molecular weight excluding hydrogens is 236 g/mol. The zero-order valence-electron chi connectivity index (χ0n) is 9.76. The third kappa shape index (κ3) is 2.50. The summed E-state index contributed by atoms with van der Waals surface area (Å²) in [6.45, 7) is 3.07. The van der Waals surface area contributed by atoms with Crippen LogP contribution in [0.5, 0.6) is 0 Å². The molecule has 0 aliphatic heterocycles. The molecule has 0 unspecified atom stereocenters. The van der Waals surface area contributed by atoms with E-state index in [1.807, 2.05) is 4.57 Å². The van der Waals surface area contributed by atoms with Crippen molar-refractivity contribution in [1.29, 1.82) is 0 Å². The molecule has 0 aliphatic carbocycles. The number of nitrogens with zero attached hydrogens (tertiary/aromatic N) is 4. The molecule has 0 atom stereocenters. The zero-order chi connectivity index (χ0) is 12.3. The van der Waals surface area contributed by atoms with Crippen LogP contribution in [0.25, 0.3) is 11.2 Å². The summed E-state index contributed by atoms with van der Waals surface area (Å²) < 4.78 is 2.00. The fourth-order valence-electron chi connectivity index (χ4n) is 1.71. The Hall–Kier alpha value is -1.34. The minimum absolute atomic E-state index is 0.239. The first-order valence-electron chi connectivity index (χ1n) is 5.61. The number of nitrogens with two attached hydrogens (primary N) is 2. The number of aromatic nitrogens is 4. The van der Waals surface area contributed by atoms with E-state index < -0.39 is 0 Å². The molecule has 2 rings (SSSR count). The Morgan fingerprint density at radius 1 is 1.35 bits per heavy atom. The largest absolute Gasteiger partial charge is 0.368 e. The highest BCUT2D eigenvalue weighted by molar-refractivity contribution is 7.97. The number of aryl methyl sites for hydroxylation is 1. The van der Waals surface area contributed by atoms with Crippen LogP contribution >= 0.6 is 11.9 Å². The van der Waals surface area contributed by atoms with Crippen molar-refractivity contribution in [3.63, 3.8) is 0 Å². The first-order chi connectivity index (χ1) is 8.26. The molecule has 2 aromatic rings. The lowest BCUT2D eigenvalue weighted by molar-refractivity contribution is 0.610. The Morgan fingerprint density at radius 2 is 2.18 bits per heavy atom. The van der Waals surface area contributed by atoms with Gasteiger partial charge in [0.2, 0.25) is 5.95 Å². The van der Waals surface area contributed by atoms with E-state index in [1.54, 1.807) is 6.33 Å². The molecule has 2 aromatic heterocycles. The fourth-order valence-corrected chi connectivity index (χ4v) is 2.11. The van der Waals surface area contributed by atoms with Crippen LogP contribution < -0.4 is 10.9 Å². The van der Waals surface area contributed by atoms with Gasteiger partial charge in [-0.25, -0.2) is 9.97 Å². The van der Waals surface area contributed by atoms with Gasteiger partial charge >= 0.3 is 0 Å². The first kappa shape index (κ1) is 12.1. The summed E-state index contributed by atoms with van der Waals surface area (Å²) in [6, 6.07) is 0. The molecule has 0 radical (unpaired) electrons. The molecule has 0 amide bonds. The van der Waals surface area contributed by atoms with Crippen LogP contribution in [0.1, 0.15) is 26.2 Å². The average molecular weight is 252 g/mol. The maximum Gasteiger partial charge on any atom is 0.223 e. The maximum atomic E-state index is 5.65. The normalized spacial score (nSPS) is 11.2. The molecule has 0 fully saturated rings. The van der Waals surface area contributed by atoms with Gasteiger partial charge in [0.1, 0.15) is 10.5 Å². The van der Waals surface area contributed by atoms with Gasteiger partial charge in [-0.05, 0) is 18.4 Å². The van der Waals surface area contributed by atoms with Crippen LogP contribution in [-0.2, 0) is 6.54 Å². The highest BCUT2D eigenvalue weighted by Gasteiger charge is 2.11. The van der Waals surface area contributed by atoms with Crippen molar-refractivity contribution in [1.82, 2.24) is 19.5 Å². The van der Waals surface area contributed by atoms with Crippen molar-refractivity contribution < 1.29 is 0 Å². The highest BCUT2D eigenvalue weighted by Crippen LogP contribution is 2.21. The summed E-state index contributed by atoms with van der Waals surface area (Å²) >= 11 is 1.05. The summed E-state index contributed by atoms with van der Waals surface area (Å²) in [5.41, 5.74) is 7.14. The second kappa shape index (κ2) is 5.33. The van der Waals surface area contributed by atoms with Gasteiger partial charge in [0.05, 0.1) is 6.33 Å². The number of hydrogen-bond acceptors (Lipinski definition) is 6. The van der Waals surface area contributed by atoms with Crippen molar-refractivity contribution in [2.45, 2.75) is 37.8 Å². The van der Waals surface area contributed by atoms with Crippen LogP contribution in [-0.4, -0.2) is 19.5 Å². The van der Waals surface area contributed by atoms with E-state index in [4.69, 9.17) is 10.9 Å². The summed E-state index contributed by atoms with van der Waals surface area (Å²) in [6.07, 6.45) is 5.26. The number of nitrogen functional groups attached to an aromatic ring is 1. The lowest BCUT2D eigenvalue weighted by atomic mass is 10.2. The number of rotatable bonds is 5. The molecule has 4 N–H and O–H groups in total. The highest BCUT2D eigenvalue weighted by atomic mass is 32.2. The Morgan fingerprint density at radius 3 is 2.88 bits per heavy atom. The quantitative estimate of drug-likeness (QED) is 0.476. The molecule has 0 saturated heterocycles.